The van der Waals surface area contributed by atoms with E-state index in [2.05, 4.69) is 10.4 Å². The highest BCUT2D eigenvalue weighted by Crippen LogP contribution is 2.16. The van der Waals surface area contributed by atoms with E-state index in [1.807, 2.05) is 18.5 Å². The van der Waals surface area contributed by atoms with E-state index < -0.39 is 5.54 Å². The molecule has 0 aromatic carbocycles. The lowest BCUT2D eigenvalue weighted by atomic mass is 9.94. The molecule has 0 aliphatic rings. The monoisotopic (exact) mass is 272 g/mol. The number of primary amides is 1. The SMILES string of the molecule is CNC(C)(CCCCn1ncc(Cl)c1C)C(N)=O. The minimum absolute atomic E-state index is 0.316. The van der Waals surface area contributed by atoms with Crippen LogP contribution in [-0.4, -0.2) is 28.3 Å². The number of aromatic nitrogens is 2. The maximum Gasteiger partial charge on any atom is 0.237 e. The van der Waals surface area contributed by atoms with E-state index >= 15 is 0 Å². The van der Waals surface area contributed by atoms with E-state index in [-0.39, 0.29) is 5.91 Å². The Morgan fingerprint density at radius 3 is 2.72 bits per heavy atom. The molecule has 0 bridgehead atoms. The zero-order chi connectivity index (χ0) is 13.8. The Hall–Kier alpha value is -1.07. The first-order valence-corrected chi connectivity index (χ1v) is 6.45. The molecule has 5 nitrogen and oxygen atoms in total. The molecular formula is C12H21ClN4O. The predicted molar refractivity (Wildman–Crippen MR) is 72.5 cm³/mol. The van der Waals surface area contributed by atoms with Crippen molar-refractivity contribution >= 4 is 17.5 Å². The van der Waals surface area contributed by atoms with Crippen LogP contribution in [0.2, 0.25) is 5.02 Å². The molecule has 1 amide bonds. The lowest BCUT2D eigenvalue weighted by molar-refractivity contribution is -0.123. The van der Waals surface area contributed by atoms with E-state index in [0.717, 1.165) is 25.1 Å². The van der Waals surface area contributed by atoms with Gasteiger partial charge in [-0.25, -0.2) is 0 Å². The highest BCUT2D eigenvalue weighted by Gasteiger charge is 2.27. The standard InChI is InChI=1S/C12H21ClN4O/c1-9-10(13)8-16-17(9)7-5-4-6-12(2,15-3)11(14)18/h8,15H,4-7H2,1-3H3,(H2,14,18). The number of nitrogens with zero attached hydrogens (tertiary/aromatic N) is 2. The highest BCUT2D eigenvalue weighted by molar-refractivity contribution is 6.31. The van der Waals surface area contributed by atoms with Gasteiger partial charge in [-0.05, 0) is 40.2 Å². The molecule has 1 aromatic rings. The maximum absolute atomic E-state index is 11.3. The van der Waals surface area contributed by atoms with E-state index in [1.165, 1.54) is 0 Å². The van der Waals surface area contributed by atoms with Gasteiger partial charge in [0.25, 0.3) is 0 Å². The smallest absolute Gasteiger partial charge is 0.237 e. The van der Waals surface area contributed by atoms with Gasteiger partial charge in [0.1, 0.15) is 0 Å². The lowest BCUT2D eigenvalue weighted by Gasteiger charge is -2.25. The fraction of sp³-hybridized carbons (Fsp3) is 0.667. The number of halogens is 1. The van der Waals surface area contributed by atoms with Crippen LogP contribution in [0, 0.1) is 6.92 Å². The van der Waals surface area contributed by atoms with E-state index in [1.54, 1.807) is 13.2 Å². The first kappa shape index (κ1) is 15.0. The number of hydrogen-bond acceptors (Lipinski definition) is 3. The molecule has 6 heteroatoms. The van der Waals surface area contributed by atoms with Crippen molar-refractivity contribution in [1.82, 2.24) is 15.1 Å². The fourth-order valence-electron chi connectivity index (χ4n) is 1.76. The molecule has 0 aliphatic carbocycles. The number of amides is 1. The Morgan fingerprint density at radius 2 is 2.28 bits per heavy atom. The Kier molecular flexibility index (Phi) is 5.16. The Labute approximate surface area is 113 Å². The van der Waals surface area contributed by atoms with Gasteiger partial charge >= 0.3 is 0 Å². The second kappa shape index (κ2) is 6.20. The molecular weight excluding hydrogens is 252 g/mol. The molecule has 1 aromatic heterocycles. The molecule has 0 saturated carbocycles. The minimum atomic E-state index is -0.628. The molecule has 1 rings (SSSR count). The lowest BCUT2D eigenvalue weighted by Crippen LogP contribution is -2.51. The van der Waals surface area contributed by atoms with Gasteiger partial charge in [-0.1, -0.05) is 11.6 Å². The highest BCUT2D eigenvalue weighted by atomic mass is 35.5. The molecule has 18 heavy (non-hydrogen) atoms. The minimum Gasteiger partial charge on any atom is -0.368 e. The first-order valence-electron chi connectivity index (χ1n) is 6.07. The van der Waals surface area contributed by atoms with Crippen LogP contribution in [0.25, 0.3) is 0 Å². The van der Waals surface area contributed by atoms with Crippen molar-refractivity contribution in [3.8, 4) is 0 Å². The third-order valence-corrected chi connectivity index (χ3v) is 3.81. The number of nitrogens with one attached hydrogen (secondary N) is 1. The molecule has 1 heterocycles. The maximum atomic E-state index is 11.3. The molecule has 1 unspecified atom stereocenters. The number of unbranched alkanes of at least 4 members (excludes halogenated alkanes) is 1. The summed E-state index contributed by atoms with van der Waals surface area (Å²) in [6.07, 6.45) is 4.20. The van der Waals surface area contributed by atoms with Gasteiger partial charge in [-0.3, -0.25) is 9.48 Å². The topological polar surface area (TPSA) is 72.9 Å². The average Bonchev–Trinajstić information content (AvgIpc) is 2.65. The van der Waals surface area contributed by atoms with Crippen molar-refractivity contribution < 1.29 is 4.79 Å². The van der Waals surface area contributed by atoms with Crippen molar-refractivity contribution in [1.29, 1.82) is 0 Å². The van der Waals surface area contributed by atoms with Crippen molar-refractivity contribution in [2.24, 2.45) is 5.73 Å². The van der Waals surface area contributed by atoms with Gasteiger partial charge in [-0.2, -0.15) is 5.10 Å². The van der Waals surface area contributed by atoms with E-state index in [0.29, 0.717) is 11.4 Å². The van der Waals surface area contributed by atoms with Crippen LogP contribution in [0.1, 0.15) is 31.9 Å². The Bertz CT molecular complexity index is 418. The largest absolute Gasteiger partial charge is 0.368 e. The van der Waals surface area contributed by atoms with E-state index in [9.17, 15) is 4.79 Å². The van der Waals surface area contributed by atoms with Crippen LogP contribution in [0.15, 0.2) is 6.20 Å². The fourth-order valence-corrected chi connectivity index (χ4v) is 1.90. The van der Waals surface area contributed by atoms with Crippen molar-refractivity contribution in [3.05, 3.63) is 16.9 Å². The summed E-state index contributed by atoms with van der Waals surface area (Å²) >= 11 is 5.92. The molecule has 0 saturated heterocycles. The number of hydrogen-bond donors (Lipinski definition) is 2. The van der Waals surface area contributed by atoms with Crippen LogP contribution in [-0.2, 0) is 11.3 Å². The van der Waals surface area contributed by atoms with Gasteiger partial charge in [0.05, 0.1) is 22.5 Å². The third kappa shape index (κ3) is 3.46. The molecule has 3 N–H and O–H groups in total. The summed E-state index contributed by atoms with van der Waals surface area (Å²) in [6.45, 7) is 4.57. The van der Waals surface area contributed by atoms with Gasteiger partial charge in [-0.15, -0.1) is 0 Å². The average molecular weight is 273 g/mol. The number of carbonyl (C=O) groups excluding carboxylic acids is 1. The van der Waals surface area contributed by atoms with Crippen molar-refractivity contribution in [3.63, 3.8) is 0 Å². The third-order valence-electron chi connectivity index (χ3n) is 3.44. The molecule has 1 atom stereocenters. The number of carbonyl (C=O) groups is 1. The van der Waals surface area contributed by atoms with Crippen molar-refractivity contribution in [2.45, 2.75) is 45.2 Å². The van der Waals surface area contributed by atoms with Crippen molar-refractivity contribution in [2.75, 3.05) is 7.05 Å². The van der Waals surface area contributed by atoms with Crippen LogP contribution >= 0.6 is 11.6 Å². The molecule has 102 valence electrons. The van der Waals surface area contributed by atoms with Gasteiger partial charge in [0.2, 0.25) is 5.91 Å². The van der Waals surface area contributed by atoms with Crippen LogP contribution in [0.3, 0.4) is 0 Å². The molecule has 0 spiro atoms. The van der Waals surface area contributed by atoms with Gasteiger partial charge in [0.15, 0.2) is 0 Å². The van der Waals surface area contributed by atoms with Gasteiger partial charge < -0.3 is 11.1 Å². The molecule has 0 fully saturated rings. The number of aryl methyl sites for hydroxylation is 1. The zero-order valence-electron chi connectivity index (χ0n) is 11.2. The van der Waals surface area contributed by atoms with Crippen LogP contribution < -0.4 is 11.1 Å². The van der Waals surface area contributed by atoms with Crippen LogP contribution in [0.5, 0.6) is 0 Å². The predicted octanol–water partition coefficient (Wildman–Crippen LogP) is 1.48. The molecule has 0 aliphatic heterocycles. The summed E-state index contributed by atoms with van der Waals surface area (Å²) in [7, 11) is 1.75. The second-order valence-corrected chi connectivity index (χ2v) is 5.11. The number of likely N-dealkylation sites (N-methyl/N-ethyl adjacent to an activating group) is 1. The number of rotatable bonds is 7. The summed E-state index contributed by atoms with van der Waals surface area (Å²) in [4.78, 5) is 11.3. The van der Waals surface area contributed by atoms with E-state index in [4.69, 9.17) is 17.3 Å². The second-order valence-electron chi connectivity index (χ2n) is 4.70. The Morgan fingerprint density at radius 1 is 1.61 bits per heavy atom. The Balaban J connectivity index is 2.39. The number of nitrogens with two attached hydrogens (primary N) is 1. The van der Waals surface area contributed by atoms with Gasteiger partial charge in [0, 0.05) is 6.54 Å². The zero-order valence-corrected chi connectivity index (χ0v) is 11.9. The summed E-state index contributed by atoms with van der Waals surface area (Å²) in [5.41, 5.74) is 5.71. The summed E-state index contributed by atoms with van der Waals surface area (Å²) in [5, 5.41) is 7.84. The van der Waals surface area contributed by atoms with Crippen LogP contribution in [0.4, 0.5) is 0 Å². The summed E-state index contributed by atoms with van der Waals surface area (Å²) in [6, 6.07) is 0. The quantitative estimate of drug-likeness (QED) is 0.739. The molecule has 0 radical (unpaired) electrons. The summed E-state index contributed by atoms with van der Waals surface area (Å²) in [5.74, 6) is -0.316. The summed E-state index contributed by atoms with van der Waals surface area (Å²) < 4.78 is 1.88. The normalized spacial score (nSPS) is 14.4. The first-order chi connectivity index (χ1) is 8.40.